The van der Waals surface area contributed by atoms with E-state index in [9.17, 15) is 9.59 Å². The molecule has 25 heavy (non-hydrogen) atoms. The van der Waals surface area contributed by atoms with Crippen LogP contribution in [0.1, 0.15) is 70.4 Å². The number of nitrogens with zero attached hydrogens (tertiary/aromatic N) is 3. The Morgan fingerprint density at radius 1 is 1.32 bits per heavy atom. The molecule has 1 saturated carbocycles. The van der Waals surface area contributed by atoms with Crippen LogP contribution in [-0.4, -0.2) is 38.9 Å². The van der Waals surface area contributed by atoms with Gasteiger partial charge in [-0.05, 0) is 38.5 Å². The highest BCUT2D eigenvalue weighted by Gasteiger charge is 2.30. The van der Waals surface area contributed by atoms with Crippen LogP contribution in [0.4, 0.5) is 0 Å². The molecule has 1 atom stereocenters. The molecule has 3 rings (SSSR count). The summed E-state index contributed by atoms with van der Waals surface area (Å²) in [7, 11) is 0. The van der Waals surface area contributed by atoms with Gasteiger partial charge in [0.05, 0.1) is 18.2 Å². The summed E-state index contributed by atoms with van der Waals surface area (Å²) in [6.07, 6.45) is 7.21. The van der Waals surface area contributed by atoms with Gasteiger partial charge in [0.25, 0.3) is 0 Å². The molecule has 0 aromatic carbocycles. The number of fused-ring (bicyclic) bond motifs is 1. The summed E-state index contributed by atoms with van der Waals surface area (Å²) < 4.78 is 2.10. The number of carbonyl (C=O) groups is 2. The molecule has 0 spiro atoms. The molecular weight excluding hydrogens is 316 g/mol. The van der Waals surface area contributed by atoms with Crippen LogP contribution in [-0.2, 0) is 22.6 Å². The van der Waals surface area contributed by atoms with Gasteiger partial charge in [0.1, 0.15) is 5.82 Å². The van der Waals surface area contributed by atoms with E-state index < -0.39 is 0 Å². The van der Waals surface area contributed by atoms with Gasteiger partial charge in [-0.2, -0.15) is 0 Å². The molecule has 0 radical (unpaired) electrons. The van der Waals surface area contributed by atoms with Crippen LogP contribution in [0.15, 0.2) is 6.20 Å². The Morgan fingerprint density at radius 2 is 2.08 bits per heavy atom. The van der Waals surface area contributed by atoms with Crippen molar-refractivity contribution in [2.45, 2.75) is 77.9 Å². The monoisotopic (exact) mass is 346 g/mol. The van der Waals surface area contributed by atoms with Gasteiger partial charge in [-0.15, -0.1) is 0 Å². The average Bonchev–Trinajstić information content (AvgIpc) is 2.92. The lowest BCUT2D eigenvalue weighted by molar-refractivity contribution is -0.134. The van der Waals surface area contributed by atoms with Gasteiger partial charge in [0.2, 0.25) is 11.8 Å². The number of rotatable bonds is 6. The first-order valence-electron chi connectivity index (χ1n) is 9.59. The Balaban J connectivity index is 1.61. The molecule has 2 aliphatic rings. The van der Waals surface area contributed by atoms with Crippen molar-refractivity contribution >= 4 is 11.8 Å². The second-order valence-corrected chi connectivity index (χ2v) is 7.85. The Morgan fingerprint density at radius 3 is 2.72 bits per heavy atom. The van der Waals surface area contributed by atoms with E-state index in [0.29, 0.717) is 24.8 Å². The molecule has 1 aliphatic heterocycles. The standard InChI is InChI=1S/C19H30N4O2/c1-13(2)7-8-18(25)23-10-9-22-12-16(21-19(22)14(23)3)11-17(24)20-15-5-4-6-15/h12-15H,4-11H2,1-3H3,(H,20,24)/t14-/m1/s1. The summed E-state index contributed by atoms with van der Waals surface area (Å²) in [4.78, 5) is 31.2. The molecule has 1 N–H and O–H groups in total. The van der Waals surface area contributed by atoms with E-state index in [1.54, 1.807) is 0 Å². The summed E-state index contributed by atoms with van der Waals surface area (Å²) in [5.41, 5.74) is 0.801. The van der Waals surface area contributed by atoms with Gasteiger partial charge in [-0.25, -0.2) is 4.98 Å². The minimum Gasteiger partial charge on any atom is -0.353 e. The van der Waals surface area contributed by atoms with Crippen molar-refractivity contribution in [2.24, 2.45) is 5.92 Å². The summed E-state index contributed by atoms with van der Waals surface area (Å²) in [6, 6.07) is 0.328. The van der Waals surface area contributed by atoms with Crippen LogP contribution in [0.25, 0.3) is 0 Å². The predicted molar refractivity (Wildman–Crippen MR) is 95.9 cm³/mol. The topological polar surface area (TPSA) is 67.2 Å². The van der Waals surface area contributed by atoms with Crippen LogP contribution in [0.3, 0.4) is 0 Å². The van der Waals surface area contributed by atoms with Crippen LogP contribution in [0.2, 0.25) is 0 Å². The van der Waals surface area contributed by atoms with Gasteiger partial charge in [0, 0.05) is 31.7 Å². The number of hydrogen-bond acceptors (Lipinski definition) is 3. The quantitative estimate of drug-likeness (QED) is 0.860. The van der Waals surface area contributed by atoms with Gasteiger partial charge >= 0.3 is 0 Å². The maximum absolute atomic E-state index is 12.5. The number of aromatic nitrogens is 2. The fourth-order valence-corrected chi connectivity index (χ4v) is 3.52. The predicted octanol–water partition coefficient (Wildman–Crippen LogP) is 2.43. The maximum Gasteiger partial charge on any atom is 0.226 e. The molecule has 1 fully saturated rings. The third-order valence-corrected chi connectivity index (χ3v) is 5.35. The van der Waals surface area contributed by atoms with Gasteiger partial charge in [-0.1, -0.05) is 13.8 Å². The van der Waals surface area contributed by atoms with Gasteiger partial charge < -0.3 is 14.8 Å². The minimum atomic E-state index is -0.0307. The first-order valence-corrected chi connectivity index (χ1v) is 9.59. The van der Waals surface area contributed by atoms with Crippen LogP contribution in [0, 0.1) is 5.92 Å². The summed E-state index contributed by atoms with van der Waals surface area (Å²) in [5.74, 6) is 1.69. The smallest absolute Gasteiger partial charge is 0.226 e. The average molecular weight is 346 g/mol. The third-order valence-electron chi connectivity index (χ3n) is 5.35. The largest absolute Gasteiger partial charge is 0.353 e. The van der Waals surface area contributed by atoms with Crippen molar-refractivity contribution in [1.82, 2.24) is 19.8 Å². The van der Waals surface area contributed by atoms with Crippen LogP contribution in [0.5, 0.6) is 0 Å². The summed E-state index contributed by atoms with van der Waals surface area (Å²) in [6.45, 7) is 7.78. The summed E-state index contributed by atoms with van der Waals surface area (Å²) in [5, 5.41) is 3.06. The van der Waals surface area contributed by atoms with Crippen molar-refractivity contribution in [3.8, 4) is 0 Å². The Kier molecular flexibility index (Phi) is 5.45. The van der Waals surface area contributed by atoms with E-state index >= 15 is 0 Å². The minimum absolute atomic E-state index is 0.0307. The normalized spacial score (nSPS) is 20.3. The van der Waals surface area contributed by atoms with Gasteiger partial charge in [-0.3, -0.25) is 9.59 Å². The molecular formula is C19H30N4O2. The molecule has 6 nitrogen and oxygen atoms in total. The second-order valence-electron chi connectivity index (χ2n) is 7.85. The molecule has 1 aliphatic carbocycles. The zero-order valence-electron chi connectivity index (χ0n) is 15.6. The molecule has 1 aromatic rings. The molecule has 1 aromatic heterocycles. The Labute approximate surface area is 150 Å². The molecule has 0 bridgehead atoms. The fraction of sp³-hybridized carbons (Fsp3) is 0.737. The maximum atomic E-state index is 12.5. The SMILES string of the molecule is CC(C)CCC(=O)N1CCn2cc(CC(=O)NC3CCC3)nc2[C@H]1C. The Bertz CT molecular complexity index is 633. The first-order chi connectivity index (χ1) is 11.9. The van der Waals surface area contributed by atoms with Crippen LogP contribution >= 0.6 is 0 Å². The number of amides is 2. The van der Waals surface area contributed by atoms with E-state index in [4.69, 9.17) is 0 Å². The van der Waals surface area contributed by atoms with E-state index in [1.807, 2.05) is 18.0 Å². The lowest BCUT2D eigenvalue weighted by Gasteiger charge is -2.34. The zero-order chi connectivity index (χ0) is 18.0. The lowest BCUT2D eigenvalue weighted by atomic mass is 9.93. The highest BCUT2D eigenvalue weighted by Crippen LogP contribution is 2.26. The number of nitrogens with one attached hydrogen (secondary N) is 1. The van der Waals surface area contributed by atoms with Crippen LogP contribution < -0.4 is 5.32 Å². The number of carbonyl (C=O) groups excluding carboxylic acids is 2. The molecule has 0 unspecified atom stereocenters. The van der Waals surface area contributed by atoms with Crippen molar-refractivity contribution < 1.29 is 9.59 Å². The van der Waals surface area contributed by atoms with E-state index in [0.717, 1.165) is 43.9 Å². The van der Waals surface area contributed by atoms with Crippen molar-refractivity contribution in [3.63, 3.8) is 0 Å². The summed E-state index contributed by atoms with van der Waals surface area (Å²) >= 11 is 0. The van der Waals surface area contributed by atoms with Crippen molar-refractivity contribution in [2.75, 3.05) is 6.54 Å². The first kappa shape index (κ1) is 18.0. The number of hydrogen-bond donors (Lipinski definition) is 1. The second kappa shape index (κ2) is 7.58. The fourth-order valence-electron chi connectivity index (χ4n) is 3.52. The Hall–Kier alpha value is -1.85. The van der Waals surface area contributed by atoms with Gasteiger partial charge in [0.15, 0.2) is 0 Å². The molecule has 138 valence electrons. The highest BCUT2D eigenvalue weighted by molar-refractivity contribution is 5.78. The van der Waals surface area contributed by atoms with E-state index in [1.165, 1.54) is 6.42 Å². The third kappa shape index (κ3) is 4.22. The van der Waals surface area contributed by atoms with Crippen molar-refractivity contribution in [1.29, 1.82) is 0 Å². The molecule has 0 saturated heterocycles. The molecule has 2 heterocycles. The lowest BCUT2D eigenvalue weighted by Crippen LogP contribution is -2.41. The zero-order valence-corrected chi connectivity index (χ0v) is 15.6. The molecule has 6 heteroatoms. The van der Waals surface area contributed by atoms with E-state index in [-0.39, 0.29) is 17.9 Å². The number of imidazole rings is 1. The van der Waals surface area contributed by atoms with Crippen molar-refractivity contribution in [3.05, 3.63) is 17.7 Å². The van der Waals surface area contributed by atoms with E-state index in [2.05, 4.69) is 28.7 Å². The highest BCUT2D eigenvalue weighted by atomic mass is 16.2. The molecule has 2 amide bonds.